The molecular weight excluding hydrogens is 328 g/mol. The first-order chi connectivity index (χ1) is 11.9. The first kappa shape index (κ1) is 15.0. The van der Waals surface area contributed by atoms with Gasteiger partial charge in [0.1, 0.15) is 5.76 Å². The van der Waals surface area contributed by atoms with E-state index in [2.05, 4.69) is 4.74 Å². The first-order valence-electron chi connectivity index (χ1n) is 7.68. The van der Waals surface area contributed by atoms with Crippen molar-refractivity contribution >= 4 is 44.1 Å². The minimum absolute atomic E-state index is 0.230. The predicted molar refractivity (Wildman–Crippen MR) is 93.0 cm³/mol. The number of ether oxygens (including phenoxy) is 2. The molecule has 0 aliphatic rings. The van der Waals surface area contributed by atoms with E-state index in [9.17, 15) is 9.59 Å². The van der Waals surface area contributed by atoms with Crippen LogP contribution in [0.2, 0.25) is 0 Å². The quantitative estimate of drug-likeness (QED) is 0.401. The predicted octanol–water partition coefficient (Wildman–Crippen LogP) is 4.27. The Kier molecular flexibility index (Phi) is 3.82. The lowest BCUT2D eigenvalue weighted by molar-refractivity contribution is -0.136. The van der Waals surface area contributed by atoms with Gasteiger partial charge < -0.3 is 13.9 Å². The molecule has 0 atom stereocenters. The third-order valence-electron chi connectivity index (χ3n) is 3.62. The molecule has 5 nitrogen and oxygen atoms in total. The van der Waals surface area contributed by atoms with Crippen molar-refractivity contribution in [3.8, 4) is 5.75 Å². The van der Waals surface area contributed by atoms with Gasteiger partial charge in [0.05, 0.1) is 20.5 Å². The number of hydrogen-bond donors (Lipinski definition) is 0. The number of ketones is 1. The Morgan fingerprint density at radius 2 is 2.04 bits per heavy atom. The summed E-state index contributed by atoms with van der Waals surface area (Å²) in [6.45, 7) is 3.24. The van der Waals surface area contributed by atoms with Gasteiger partial charge in [0.25, 0.3) is 0 Å². The van der Waals surface area contributed by atoms with Gasteiger partial charge in [-0.2, -0.15) is 0 Å². The maximum absolute atomic E-state index is 12.5. The van der Waals surface area contributed by atoms with Crippen LogP contribution in [0.3, 0.4) is 0 Å². The lowest BCUT2D eigenvalue weighted by atomic mass is 10.1. The summed E-state index contributed by atoms with van der Waals surface area (Å²) in [5.74, 6) is 0.174. The third-order valence-corrected chi connectivity index (χ3v) is 4.71. The van der Waals surface area contributed by atoms with E-state index >= 15 is 0 Å². The molecule has 0 unspecified atom stereocenters. The Morgan fingerprint density at radius 1 is 1.29 bits per heavy atom. The van der Waals surface area contributed by atoms with E-state index in [-0.39, 0.29) is 17.4 Å². The Morgan fingerprint density at radius 3 is 2.71 bits per heavy atom. The molecule has 0 radical (unpaired) electrons. The largest absolute Gasteiger partial charge is 0.493 e. The van der Waals surface area contributed by atoms with Gasteiger partial charge in [-0.05, 0) is 32.0 Å². The van der Waals surface area contributed by atoms with Crippen LogP contribution >= 0.6 is 11.3 Å². The van der Waals surface area contributed by atoms with Gasteiger partial charge in [-0.1, -0.05) is 0 Å². The van der Waals surface area contributed by atoms with Gasteiger partial charge in [0.2, 0.25) is 0 Å². The fourth-order valence-corrected chi connectivity index (χ4v) is 3.49. The molecule has 0 saturated carbocycles. The van der Waals surface area contributed by atoms with Gasteiger partial charge in [0.15, 0.2) is 17.1 Å². The highest BCUT2D eigenvalue weighted by atomic mass is 32.1. The summed E-state index contributed by atoms with van der Waals surface area (Å²) in [6.07, 6.45) is 1.26. The molecule has 0 N–H and O–H groups in total. The molecule has 2 aromatic heterocycles. The number of hydrogen-bond acceptors (Lipinski definition) is 6. The van der Waals surface area contributed by atoms with E-state index in [1.54, 1.807) is 19.1 Å². The van der Waals surface area contributed by atoms with E-state index in [1.807, 2.05) is 0 Å². The number of furan rings is 1. The number of fused-ring (bicyclic) bond motifs is 3. The van der Waals surface area contributed by atoms with Crippen LogP contribution in [0.25, 0.3) is 21.1 Å². The Labute approximate surface area is 143 Å². The number of rotatable bonds is 4. The topological polar surface area (TPSA) is 65.7 Å². The van der Waals surface area contributed by atoms with Crippen molar-refractivity contribution in [2.75, 3.05) is 14.2 Å². The third kappa shape index (κ3) is 2.69. The number of benzene rings is 1. The Balaban J connectivity index is 2.19. The molecular formula is C18H16O5S. The minimum Gasteiger partial charge on any atom is -0.493 e. The number of carbonyl (C=O) groups is 2. The molecule has 124 valence electrons. The lowest BCUT2D eigenvalue weighted by Gasteiger charge is -2.00. The summed E-state index contributed by atoms with van der Waals surface area (Å²) in [5.41, 5.74) is 0.726. The maximum atomic E-state index is 12.5. The number of carbonyl (C=O) groups excluding carboxylic acids is 2. The maximum Gasteiger partial charge on any atom is 0.333 e. The van der Waals surface area contributed by atoms with E-state index in [0.717, 1.165) is 10.1 Å². The van der Waals surface area contributed by atoms with Crippen LogP contribution in [-0.2, 0) is 9.53 Å². The molecule has 0 amide bonds. The van der Waals surface area contributed by atoms with Crippen molar-refractivity contribution in [3.63, 3.8) is 0 Å². The van der Waals surface area contributed by atoms with Crippen LogP contribution in [0.1, 0.15) is 23.7 Å². The van der Waals surface area contributed by atoms with Crippen molar-refractivity contribution in [2.24, 2.45) is 0 Å². The number of methoxy groups -OCH3 is 2. The van der Waals surface area contributed by atoms with Crippen molar-refractivity contribution in [1.82, 2.24) is 0 Å². The SMILES string of the molecule is [2H]c1c(C)oc2c(OC)cc3sc(C(=O)C=C(C)C(=O)OC)cc3c12. The zero-order chi connectivity index (χ0) is 18.3. The fourth-order valence-electron chi connectivity index (χ4n) is 2.48. The molecule has 0 fully saturated rings. The van der Waals surface area contributed by atoms with Crippen LogP contribution in [0.4, 0.5) is 0 Å². The highest BCUT2D eigenvalue weighted by molar-refractivity contribution is 7.21. The van der Waals surface area contributed by atoms with Crippen LogP contribution in [-0.4, -0.2) is 26.0 Å². The van der Waals surface area contributed by atoms with Gasteiger partial charge >= 0.3 is 5.97 Å². The number of esters is 1. The lowest BCUT2D eigenvalue weighted by Crippen LogP contribution is -2.04. The van der Waals surface area contributed by atoms with E-state index in [1.165, 1.54) is 38.6 Å². The summed E-state index contributed by atoms with van der Waals surface area (Å²) in [7, 11) is 2.80. The normalized spacial score (nSPS) is 12.5. The molecule has 0 aliphatic carbocycles. The average Bonchev–Trinajstić information content (AvgIpc) is 3.14. The second-order valence-corrected chi connectivity index (χ2v) is 6.36. The zero-order valence-electron chi connectivity index (χ0n) is 14.7. The second kappa shape index (κ2) is 6.13. The van der Waals surface area contributed by atoms with Crippen LogP contribution in [0, 0.1) is 6.92 Å². The van der Waals surface area contributed by atoms with Crippen LogP contribution in [0.15, 0.2) is 34.2 Å². The standard InChI is InChI=1S/C18H16O5S/c1-9(18(20)22-4)5-13(19)16-7-11-12-6-10(2)23-17(12)14(21-3)8-15(11)24-16/h5-8H,1-4H3/i6D. The number of allylic oxidation sites excluding steroid dienone is 1. The smallest absolute Gasteiger partial charge is 0.333 e. The highest BCUT2D eigenvalue weighted by Gasteiger charge is 2.17. The molecule has 0 spiro atoms. The average molecular weight is 345 g/mol. The first-order valence-corrected chi connectivity index (χ1v) is 8.00. The monoisotopic (exact) mass is 345 g/mol. The van der Waals surface area contributed by atoms with Gasteiger partial charge in [0, 0.05) is 27.1 Å². The van der Waals surface area contributed by atoms with Crippen molar-refractivity contribution in [2.45, 2.75) is 13.8 Å². The molecule has 6 heteroatoms. The van der Waals surface area contributed by atoms with Gasteiger partial charge in [-0.3, -0.25) is 4.79 Å². The zero-order valence-corrected chi connectivity index (χ0v) is 14.5. The summed E-state index contributed by atoms with van der Waals surface area (Å²) in [6, 6.07) is 3.79. The number of aryl methyl sites for hydroxylation is 1. The summed E-state index contributed by atoms with van der Waals surface area (Å²) >= 11 is 1.28. The Hall–Kier alpha value is -2.60. The molecule has 3 aromatic rings. The van der Waals surface area contributed by atoms with Crippen molar-refractivity contribution < 1.29 is 24.9 Å². The molecule has 3 rings (SSSR count). The summed E-state index contributed by atoms with van der Waals surface area (Å²) in [5, 5.41) is 1.38. The molecule has 2 heterocycles. The van der Waals surface area contributed by atoms with Gasteiger partial charge in [-0.25, -0.2) is 4.79 Å². The number of thiophene rings is 1. The Bertz CT molecular complexity index is 1040. The van der Waals surface area contributed by atoms with Crippen LogP contribution in [0.5, 0.6) is 5.75 Å². The van der Waals surface area contributed by atoms with Crippen LogP contribution < -0.4 is 4.74 Å². The second-order valence-electron chi connectivity index (χ2n) is 5.27. The molecule has 1 aromatic carbocycles. The fraction of sp³-hybridized carbons (Fsp3) is 0.222. The van der Waals surface area contributed by atoms with E-state index in [0.29, 0.717) is 27.4 Å². The van der Waals surface area contributed by atoms with E-state index < -0.39 is 5.97 Å². The molecule has 0 saturated heterocycles. The molecule has 0 aliphatic heterocycles. The summed E-state index contributed by atoms with van der Waals surface area (Å²) in [4.78, 5) is 24.4. The molecule has 24 heavy (non-hydrogen) atoms. The van der Waals surface area contributed by atoms with Crippen molar-refractivity contribution in [3.05, 3.63) is 40.5 Å². The van der Waals surface area contributed by atoms with E-state index in [4.69, 9.17) is 10.5 Å². The molecule has 0 bridgehead atoms. The minimum atomic E-state index is -0.544. The van der Waals surface area contributed by atoms with Gasteiger partial charge in [-0.15, -0.1) is 11.3 Å². The van der Waals surface area contributed by atoms with Crippen molar-refractivity contribution in [1.29, 1.82) is 0 Å². The summed E-state index contributed by atoms with van der Waals surface area (Å²) < 4.78 is 24.6. The highest BCUT2D eigenvalue weighted by Crippen LogP contribution is 2.39.